The lowest BCUT2D eigenvalue weighted by molar-refractivity contribution is -0.384. The lowest BCUT2D eigenvalue weighted by Gasteiger charge is -2.17. The molecule has 1 aromatic carbocycles. The van der Waals surface area contributed by atoms with Gasteiger partial charge in [-0.25, -0.2) is 4.79 Å². The van der Waals surface area contributed by atoms with Gasteiger partial charge in [0.25, 0.3) is 5.69 Å². The molecule has 9 nitrogen and oxygen atoms in total. The van der Waals surface area contributed by atoms with Gasteiger partial charge in [-0.15, -0.1) is 11.8 Å². The van der Waals surface area contributed by atoms with Crippen LogP contribution in [0.2, 0.25) is 0 Å². The van der Waals surface area contributed by atoms with Crippen LogP contribution in [0.3, 0.4) is 0 Å². The van der Waals surface area contributed by atoms with Crippen molar-refractivity contribution in [3.8, 4) is 0 Å². The molecule has 0 aromatic heterocycles. The average Bonchev–Trinajstić information content (AvgIpc) is 2.58. The average molecular weight is 397 g/mol. The summed E-state index contributed by atoms with van der Waals surface area (Å²) in [7, 11) is 0. The molecule has 0 aliphatic rings. The second kappa shape index (κ2) is 10.5. The van der Waals surface area contributed by atoms with Crippen molar-refractivity contribution in [3.63, 3.8) is 0 Å². The highest BCUT2D eigenvalue weighted by Crippen LogP contribution is 2.25. The number of hydrogen-bond acceptors (Lipinski definition) is 6. The van der Waals surface area contributed by atoms with Crippen molar-refractivity contribution < 1.29 is 24.4 Å². The van der Waals surface area contributed by atoms with E-state index in [-0.39, 0.29) is 18.2 Å². The lowest BCUT2D eigenvalue weighted by atomic mass is 10.0. The van der Waals surface area contributed by atoms with E-state index < -0.39 is 34.0 Å². The quantitative estimate of drug-likeness (QED) is 0.311. The number of nitrogens with one attached hydrogen (secondary N) is 2. The fraction of sp³-hybridized carbons (Fsp3) is 0.471. The predicted octanol–water partition coefficient (Wildman–Crippen LogP) is 1.81. The number of hydrogen-bond donors (Lipinski definition) is 3. The van der Waals surface area contributed by atoms with Crippen molar-refractivity contribution in [2.45, 2.75) is 43.4 Å². The number of rotatable bonds is 10. The number of carboxylic acids is 1. The van der Waals surface area contributed by atoms with Crippen molar-refractivity contribution in [3.05, 3.63) is 34.4 Å². The van der Waals surface area contributed by atoms with Crippen molar-refractivity contribution in [2.75, 3.05) is 6.54 Å². The van der Waals surface area contributed by atoms with Crippen LogP contribution in [-0.4, -0.2) is 45.7 Å². The molecular formula is C17H23N3O6S. The fourth-order valence-electron chi connectivity index (χ4n) is 2.15. The van der Waals surface area contributed by atoms with Gasteiger partial charge in [-0.2, -0.15) is 0 Å². The molecule has 0 radical (unpaired) electrons. The number of carbonyl (C=O) groups is 3. The zero-order valence-electron chi connectivity index (χ0n) is 15.3. The number of carbonyl (C=O) groups excluding carboxylic acids is 2. The molecule has 0 aliphatic heterocycles. The number of nitrogens with zero attached hydrogens (tertiary/aromatic N) is 1. The maximum atomic E-state index is 12.1. The standard InChI is InChI=1S/C17H23N3O6S/c1-10(2)8-14(17(23)24)19-15(21)9-18-16(22)11(3)27-13-6-4-12(5-7-13)20(25)26/h4-7,10-11,14H,8-9H2,1-3H3,(H,18,22)(H,19,21)(H,23,24)/t11?,14-/m0/s1. The van der Waals surface area contributed by atoms with E-state index in [4.69, 9.17) is 5.11 Å². The SMILES string of the molecule is CC(C)C[C@H](NC(=O)CNC(=O)C(C)Sc1ccc([N+](=O)[O-])cc1)C(=O)O. The second-order valence-corrected chi connectivity index (χ2v) is 7.73. The molecule has 2 amide bonds. The predicted molar refractivity (Wildman–Crippen MR) is 100 cm³/mol. The Morgan fingerprint density at radius 2 is 1.78 bits per heavy atom. The Labute approximate surface area is 161 Å². The van der Waals surface area contributed by atoms with Crippen LogP contribution in [0.1, 0.15) is 27.2 Å². The summed E-state index contributed by atoms with van der Waals surface area (Å²) in [6.07, 6.45) is 0.293. The minimum Gasteiger partial charge on any atom is -0.480 e. The molecule has 3 N–H and O–H groups in total. The van der Waals surface area contributed by atoms with E-state index >= 15 is 0 Å². The van der Waals surface area contributed by atoms with Crippen LogP contribution in [0.4, 0.5) is 5.69 Å². The van der Waals surface area contributed by atoms with Crippen LogP contribution < -0.4 is 10.6 Å². The number of nitro groups is 1. The highest BCUT2D eigenvalue weighted by atomic mass is 32.2. The zero-order valence-corrected chi connectivity index (χ0v) is 16.1. The monoisotopic (exact) mass is 397 g/mol. The zero-order chi connectivity index (χ0) is 20.6. The van der Waals surface area contributed by atoms with Gasteiger partial charge in [0.2, 0.25) is 11.8 Å². The van der Waals surface area contributed by atoms with E-state index in [1.165, 1.54) is 23.9 Å². The largest absolute Gasteiger partial charge is 0.480 e. The summed E-state index contributed by atoms with van der Waals surface area (Å²) in [5.41, 5.74) is -0.0393. The number of non-ortho nitro benzene ring substituents is 1. The Balaban J connectivity index is 2.49. The molecule has 10 heteroatoms. The molecule has 0 bridgehead atoms. The number of aliphatic carboxylic acids is 1. The first kappa shape index (κ1) is 22.4. The minimum atomic E-state index is -1.12. The van der Waals surface area contributed by atoms with Crippen LogP contribution in [-0.2, 0) is 14.4 Å². The molecule has 1 aromatic rings. The molecule has 27 heavy (non-hydrogen) atoms. The Hall–Kier alpha value is -2.62. The Kier molecular flexibility index (Phi) is 8.73. The smallest absolute Gasteiger partial charge is 0.326 e. The van der Waals surface area contributed by atoms with Gasteiger partial charge in [0, 0.05) is 17.0 Å². The fourth-order valence-corrected chi connectivity index (χ4v) is 3.05. The van der Waals surface area contributed by atoms with Crippen molar-refractivity contribution >= 4 is 35.2 Å². The number of amides is 2. The van der Waals surface area contributed by atoms with Crippen molar-refractivity contribution in [2.24, 2.45) is 5.92 Å². The Morgan fingerprint density at radius 1 is 1.19 bits per heavy atom. The topological polar surface area (TPSA) is 139 Å². The molecule has 0 saturated heterocycles. The molecule has 0 aliphatic carbocycles. The highest BCUT2D eigenvalue weighted by molar-refractivity contribution is 8.00. The summed E-state index contributed by atoms with van der Waals surface area (Å²) >= 11 is 1.19. The van der Waals surface area contributed by atoms with E-state index in [1.807, 2.05) is 13.8 Å². The summed E-state index contributed by atoms with van der Waals surface area (Å²) in [6, 6.07) is 4.79. The molecule has 0 spiro atoms. The summed E-state index contributed by atoms with van der Waals surface area (Å²) in [6.45, 7) is 5.01. The summed E-state index contributed by atoms with van der Waals surface area (Å²) in [5, 5.41) is 24.0. The third kappa shape index (κ3) is 8.07. The molecule has 0 heterocycles. The molecule has 2 atom stereocenters. The summed E-state index contributed by atoms with van der Waals surface area (Å²) in [4.78, 5) is 45.9. The molecule has 0 fully saturated rings. The Bertz CT molecular complexity index is 692. The second-order valence-electron chi connectivity index (χ2n) is 6.32. The first-order valence-corrected chi connectivity index (χ1v) is 9.19. The first-order valence-electron chi connectivity index (χ1n) is 8.31. The van der Waals surface area contributed by atoms with E-state index in [0.29, 0.717) is 11.3 Å². The van der Waals surface area contributed by atoms with Gasteiger partial charge >= 0.3 is 5.97 Å². The van der Waals surface area contributed by atoms with Crippen molar-refractivity contribution in [1.29, 1.82) is 0 Å². The third-order valence-electron chi connectivity index (χ3n) is 3.49. The molecule has 0 saturated carbocycles. The number of carboxylic acid groups (broad SMARTS) is 1. The number of thioether (sulfide) groups is 1. The van der Waals surface area contributed by atoms with Crippen LogP contribution in [0, 0.1) is 16.0 Å². The van der Waals surface area contributed by atoms with Crippen LogP contribution in [0.5, 0.6) is 0 Å². The summed E-state index contributed by atoms with van der Waals surface area (Å²) in [5.74, 6) is -2.00. The number of benzene rings is 1. The Morgan fingerprint density at radius 3 is 2.26 bits per heavy atom. The lowest BCUT2D eigenvalue weighted by Crippen LogP contribution is -2.47. The van der Waals surface area contributed by atoms with Gasteiger partial charge < -0.3 is 15.7 Å². The van der Waals surface area contributed by atoms with Gasteiger partial charge in [0.1, 0.15) is 6.04 Å². The maximum absolute atomic E-state index is 12.1. The van der Waals surface area contributed by atoms with Crippen LogP contribution >= 0.6 is 11.8 Å². The first-order chi connectivity index (χ1) is 12.6. The van der Waals surface area contributed by atoms with E-state index in [0.717, 1.165) is 0 Å². The molecular weight excluding hydrogens is 374 g/mol. The summed E-state index contributed by atoms with van der Waals surface area (Å²) < 4.78 is 0. The van der Waals surface area contributed by atoms with E-state index in [2.05, 4.69) is 10.6 Å². The molecule has 148 valence electrons. The molecule has 1 unspecified atom stereocenters. The molecule has 1 rings (SSSR count). The normalized spacial score (nSPS) is 12.9. The maximum Gasteiger partial charge on any atom is 0.326 e. The van der Waals surface area contributed by atoms with Gasteiger partial charge in [0.05, 0.1) is 16.7 Å². The number of nitro benzene ring substituents is 1. The third-order valence-corrected chi connectivity index (χ3v) is 4.61. The van der Waals surface area contributed by atoms with E-state index in [9.17, 15) is 24.5 Å². The van der Waals surface area contributed by atoms with Gasteiger partial charge in [0.15, 0.2) is 0 Å². The van der Waals surface area contributed by atoms with Crippen LogP contribution in [0.15, 0.2) is 29.2 Å². The minimum absolute atomic E-state index is 0.0393. The van der Waals surface area contributed by atoms with Gasteiger partial charge in [-0.1, -0.05) is 13.8 Å². The highest BCUT2D eigenvalue weighted by Gasteiger charge is 2.22. The van der Waals surface area contributed by atoms with Gasteiger partial charge in [-0.3, -0.25) is 19.7 Å². The van der Waals surface area contributed by atoms with Crippen LogP contribution in [0.25, 0.3) is 0 Å². The van der Waals surface area contributed by atoms with Gasteiger partial charge in [-0.05, 0) is 31.4 Å². The van der Waals surface area contributed by atoms with E-state index in [1.54, 1.807) is 19.1 Å². The van der Waals surface area contributed by atoms with Crippen molar-refractivity contribution in [1.82, 2.24) is 10.6 Å².